The average molecular weight is 236 g/mol. The number of ether oxygens (including phenoxy) is 1. The Morgan fingerprint density at radius 1 is 1.47 bits per heavy atom. The second kappa shape index (κ2) is 6.89. The summed E-state index contributed by atoms with van der Waals surface area (Å²) in [6, 6.07) is 3.51. The molecule has 1 heterocycles. The minimum Gasteiger partial charge on any atom is -0.477 e. The molecule has 0 unspecified atom stereocenters. The van der Waals surface area contributed by atoms with E-state index in [-0.39, 0.29) is 5.91 Å². The minimum absolute atomic E-state index is 0.0324. The lowest BCUT2D eigenvalue weighted by Gasteiger charge is -2.17. The number of rotatable bonds is 6. The van der Waals surface area contributed by atoms with Crippen LogP contribution in [0.1, 0.15) is 37.0 Å². The Morgan fingerprint density at radius 2 is 2.24 bits per heavy atom. The first-order chi connectivity index (χ1) is 8.20. The van der Waals surface area contributed by atoms with Gasteiger partial charge in [-0.25, -0.2) is 4.98 Å². The number of nitrogens with zero attached hydrogens (tertiary/aromatic N) is 2. The molecule has 94 valence electrons. The average Bonchev–Trinajstić information content (AvgIpc) is 2.36. The molecule has 1 aromatic rings. The number of pyridine rings is 1. The molecular weight excluding hydrogens is 216 g/mol. The highest BCUT2D eigenvalue weighted by atomic mass is 16.5. The monoisotopic (exact) mass is 236 g/mol. The molecule has 0 aliphatic carbocycles. The van der Waals surface area contributed by atoms with E-state index in [0.29, 0.717) is 18.1 Å². The van der Waals surface area contributed by atoms with Crippen molar-refractivity contribution in [2.24, 2.45) is 0 Å². The first kappa shape index (κ1) is 13.5. The predicted molar refractivity (Wildman–Crippen MR) is 67.3 cm³/mol. The van der Waals surface area contributed by atoms with Crippen LogP contribution >= 0.6 is 0 Å². The topological polar surface area (TPSA) is 42.4 Å². The molecule has 4 nitrogen and oxygen atoms in total. The van der Waals surface area contributed by atoms with E-state index in [1.807, 2.05) is 6.92 Å². The van der Waals surface area contributed by atoms with Gasteiger partial charge in [0.2, 0.25) is 5.88 Å². The molecule has 17 heavy (non-hydrogen) atoms. The number of carbonyl (C=O) groups is 1. The molecule has 0 aliphatic heterocycles. The van der Waals surface area contributed by atoms with Crippen LogP contribution in [0.25, 0.3) is 0 Å². The lowest BCUT2D eigenvalue weighted by atomic mass is 10.2. The molecule has 0 aromatic carbocycles. The lowest BCUT2D eigenvalue weighted by molar-refractivity contribution is 0.0788. The van der Waals surface area contributed by atoms with Crippen molar-refractivity contribution in [1.82, 2.24) is 9.88 Å². The molecule has 0 aliphatic rings. The van der Waals surface area contributed by atoms with Crippen LogP contribution in [0.5, 0.6) is 5.88 Å². The van der Waals surface area contributed by atoms with Crippen molar-refractivity contribution < 1.29 is 9.53 Å². The third-order valence-corrected chi connectivity index (χ3v) is 2.48. The van der Waals surface area contributed by atoms with E-state index in [2.05, 4.69) is 11.9 Å². The Balaban J connectivity index is 2.80. The van der Waals surface area contributed by atoms with Gasteiger partial charge in [0.25, 0.3) is 5.91 Å². The molecule has 1 aromatic heterocycles. The van der Waals surface area contributed by atoms with Gasteiger partial charge in [-0.1, -0.05) is 13.3 Å². The first-order valence-electron chi connectivity index (χ1n) is 6.04. The van der Waals surface area contributed by atoms with E-state index in [1.54, 1.807) is 30.3 Å². The van der Waals surface area contributed by atoms with Gasteiger partial charge in [0.05, 0.1) is 6.61 Å². The van der Waals surface area contributed by atoms with Crippen LogP contribution in [0.2, 0.25) is 0 Å². The van der Waals surface area contributed by atoms with Crippen molar-refractivity contribution in [2.75, 3.05) is 20.2 Å². The summed E-state index contributed by atoms with van der Waals surface area (Å²) in [4.78, 5) is 17.9. The van der Waals surface area contributed by atoms with E-state index in [4.69, 9.17) is 4.74 Å². The van der Waals surface area contributed by atoms with Crippen LogP contribution in [0.15, 0.2) is 18.3 Å². The van der Waals surface area contributed by atoms with Gasteiger partial charge < -0.3 is 9.64 Å². The Hall–Kier alpha value is -1.58. The highest BCUT2D eigenvalue weighted by Crippen LogP contribution is 2.16. The summed E-state index contributed by atoms with van der Waals surface area (Å²) in [5.74, 6) is 0.387. The quantitative estimate of drug-likeness (QED) is 0.761. The van der Waals surface area contributed by atoms with Crippen molar-refractivity contribution >= 4 is 5.91 Å². The van der Waals surface area contributed by atoms with Crippen LogP contribution in [0.3, 0.4) is 0 Å². The molecule has 0 atom stereocenters. The minimum atomic E-state index is -0.0324. The zero-order valence-corrected chi connectivity index (χ0v) is 10.8. The van der Waals surface area contributed by atoms with Crippen molar-refractivity contribution in [3.63, 3.8) is 0 Å². The number of amides is 1. The zero-order chi connectivity index (χ0) is 12.7. The SMILES string of the molecule is CCCCN(C)C(=O)c1cccnc1OCC. The van der Waals surface area contributed by atoms with Gasteiger partial charge >= 0.3 is 0 Å². The van der Waals surface area contributed by atoms with Gasteiger partial charge in [0, 0.05) is 19.8 Å². The molecule has 0 N–H and O–H groups in total. The summed E-state index contributed by atoms with van der Waals surface area (Å²) in [5.41, 5.74) is 0.535. The normalized spacial score (nSPS) is 10.1. The van der Waals surface area contributed by atoms with Gasteiger partial charge in [-0.2, -0.15) is 0 Å². The molecule has 0 radical (unpaired) electrons. The molecular formula is C13H20N2O2. The van der Waals surface area contributed by atoms with Crippen LogP contribution in [0, 0.1) is 0 Å². The molecule has 0 fully saturated rings. The van der Waals surface area contributed by atoms with E-state index < -0.39 is 0 Å². The predicted octanol–water partition coefficient (Wildman–Crippen LogP) is 2.35. The third-order valence-electron chi connectivity index (χ3n) is 2.48. The lowest BCUT2D eigenvalue weighted by Crippen LogP contribution is -2.28. The Bertz CT molecular complexity index is 366. The summed E-state index contributed by atoms with van der Waals surface area (Å²) in [5, 5.41) is 0. The first-order valence-corrected chi connectivity index (χ1v) is 6.04. The maximum atomic E-state index is 12.2. The molecule has 0 saturated carbocycles. The molecule has 0 bridgehead atoms. The summed E-state index contributed by atoms with van der Waals surface area (Å²) in [7, 11) is 1.81. The maximum Gasteiger partial charge on any atom is 0.259 e. The number of hydrogen-bond donors (Lipinski definition) is 0. The van der Waals surface area contributed by atoms with Crippen molar-refractivity contribution in [2.45, 2.75) is 26.7 Å². The summed E-state index contributed by atoms with van der Waals surface area (Å²) < 4.78 is 5.35. The van der Waals surface area contributed by atoms with E-state index >= 15 is 0 Å². The number of unbranched alkanes of at least 4 members (excludes halogenated alkanes) is 1. The number of aromatic nitrogens is 1. The number of hydrogen-bond acceptors (Lipinski definition) is 3. The van der Waals surface area contributed by atoms with E-state index in [9.17, 15) is 4.79 Å². The smallest absolute Gasteiger partial charge is 0.259 e. The second-order valence-corrected chi connectivity index (χ2v) is 3.87. The zero-order valence-electron chi connectivity index (χ0n) is 10.8. The second-order valence-electron chi connectivity index (χ2n) is 3.87. The van der Waals surface area contributed by atoms with Crippen LogP contribution < -0.4 is 4.74 Å². The summed E-state index contributed by atoms with van der Waals surface area (Å²) in [6.45, 7) is 5.25. The van der Waals surface area contributed by atoms with Gasteiger partial charge in [-0.05, 0) is 25.5 Å². The Morgan fingerprint density at radius 3 is 2.88 bits per heavy atom. The fourth-order valence-electron chi connectivity index (χ4n) is 1.51. The van der Waals surface area contributed by atoms with E-state index in [1.165, 1.54) is 0 Å². The van der Waals surface area contributed by atoms with Gasteiger partial charge in [-0.3, -0.25) is 4.79 Å². The third kappa shape index (κ3) is 3.73. The Labute approximate surface area is 103 Å². The van der Waals surface area contributed by atoms with Crippen molar-refractivity contribution in [1.29, 1.82) is 0 Å². The molecule has 0 spiro atoms. The molecule has 4 heteroatoms. The van der Waals surface area contributed by atoms with Gasteiger partial charge in [-0.15, -0.1) is 0 Å². The molecule has 1 rings (SSSR count). The molecule has 1 amide bonds. The standard InChI is InChI=1S/C13H20N2O2/c1-4-6-10-15(3)13(16)11-8-7-9-14-12(11)17-5-2/h7-9H,4-6,10H2,1-3H3. The van der Waals surface area contributed by atoms with E-state index in [0.717, 1.165) is 19.4 Å². The Kier molecular flexibility index (Phi) is 5.46. The fourth-order valence-corrected chi connectivity index (χ4v) is 1.51. The van der Waals surface area contributed by atoms with Crippen molar-refractivity contribution in [3.05, 3.63) is 23.9 Å². The van der Waals surface area contributed by atoms with Crippen molar-refractivity contribution in [3.8, 4) is 5.88 Å². The number of carbonyl (C=O) groups excluding carboxylic acids is 1. The van der Waals surface area contributed by atoms with Gasteiger partial charge in [0.1, 0.15) is 5.56 Å². The molecule has 0 saturated heterocycles. The highest BCUT2D eigenvalue weighted by Gasteiger charge is 2.16. The van der Waals surface area contributed by atoms with Gasteiger partial charge in [0.15, 0.2) is 0 Å². The largest absolute Gasteiger partial charge is 0.477 e. The summed E-state index contributed by atoms with van der Waals surface area (Å²) in [6.07, 6.45) is 3.71. The maximum absolute atomic E-state index is 12.2. The summed E-state index contributed by atoms with van der Waals surface area (Å²) >= 11 is 0. The highest BCUT2D eigenvalue weighted by molar-refractivity contribution is 5.96. The fraction of sp³-hybridized carbons (Fsp3) is 0.538. The van der Waals surface area contributed by atoms with Crippen LogP contribution in [0.4, 0.5) is 0 Å². The van der Waals surface area contributed by atoms with Crippen LogP contribution in [-0.2, 0) is 0 Å². The van der Waals surface area contributed by atoms with Crippen LogP contribution in [-0.4, -0.2) is 36.0 Å².